The summed E-state index contributed by atoms with van der Waals surface area (Å²) in [6.45, 7) is 14.2. The third-order valence-corrected chi connectivity index (χ3v) is 4.22. The van der Waals surface area contributed by atoms with Gasteiger partial charge in [0.25, 0.3) is 0 Å². The van der Waals surface area contributed by atoms with E-state index < -0.39 is 0 Å². The maximum Gasteiger partial charge on any atom is -0.00232 e. The Hall–Kier alpha value is -0.0400. The molecule has 20 heavy (non-hydrogen) atoms. The molecule has 0 amide bonds. The minimum absolute atomic E-state index is 0.849. The summed E-state index contributed by atoms with van der Waals surface area (Å²) in [5.41, 5.74) is 0. The van der Waals surface area contributed by atoms with Gasteiger partial charge >= 0.3 is 0 Å². The van der Waals surface area contributed by atoms with Gasteiger partial charge in [-0.15, -0.1) is 0 Å². The van der Waals surface area contributed by atoms with Crippen LogP contribution in [0.5, 0.6) is 0 Å². The van der Waals surface area contributed by atoms with E-state index in [9.17, 15) is 0 Å². The second kappa shape index (κ2) is 13.9. The van der Waals surface area contributed by atoms with Gasteiger partial charge in [-0.3, -0.25) is 0 Å². The molecule has 0 bridgehead atoms. The summed E-state index contributed by atoms with van der Waals surface area (Å²) in [7, 11) is 0. The lowest BCUT2D eigenvalue weighted by Gasteiger charge is -2.15. The molecular formula is C19H41N. The zero-order valence-electron chi connectivity index (χ0n) is 15.0. The molecular weight excluding hydrogens is 242 g/mol. The van der Waals surface area contributed by atoms with Gasteiger partial charge < -0.3 is 5.32 Å². The fraction of sp³-hybridized carbons (Fsp3) is 1.00. The molecule has 0 aromatic rings. The van der Waals surface area contributed by atoms with Crippen molar-refractivity contribution < 1.29 is 0 Å². The maximum absolute atomic E-state index is 3.62. The molecule has 1 nitrogen and oxygen atoms in total. The van der Waals surface area contributed by atoms with Gasteiger partial charge in [-0.2, -0.15) is 0 Å². The van der Waals surface area contributed by atoms with Crippen molar-refractivity contribution in [1.82, 2.24) is 5.32 Å². The molecule has 0 aromatic heterocycles. The Morgan fingerprint density at radius 3 is 2.00 bits per heavy atom. The third-order valence-electron chi connectivity index (χ3n) is 4.22. The minimum atomic E-state index is 0.849. The lowest BCUT2D eigenvalue weighted by Crippen LogP contribution is -2.22. The Labute approximate surface area is 129 Å². The van der Waals surface area contributed by atoms with Crippen LogP contribution in [0.4, 0.5) is 0 Å². The van der Waals surface area contributed by atoms with Crippen LogP contribution in [0.3, 0.4) is 0 Å². The van der Waals surface area contributed by atoms with Gasteiger partial charge in [0, 0.05) is 0 Å². The van der Waals surface area contributed by atoms with Gasteiger partial charge in [0.2, 0.25) is 0 Å². The summed E-state index contributed by atoms with van der Waals surface area (Å²) >= 11 is 0. The highest BCUT2D eigenvalue weighted by Gasteiger charge is 2.06. The van der Waals surface area contributed by atoms with Gasteiger partial charge in [-0.25, -0.2) is 0 Å². The molecule has 0 saturated heterocycles. The van der Waals surface area contributed by atoms with Gasteiger partial charge in [0.05, 0.1) is 0 Å². The zero-order chi connectivity index (χ0) is 15.2. The molecule has 0 saturated carbocycles. The van der Waals surface area contributed by atoms with E-state index >= 15 is 0 Å². The van der Waals surface area contributed by atoms with Crippen LogP contribution in [0.2, 0.25) is 0 Å². The molecule has 0 fully saturated rings. The van der Waals surface area contributed by atoms with E-state index in [2.05, 4.69) is 39.9 Å². The van der Waals surface area contributed by atoms with E-state index in [1.165, 1.54) is 70.9 Å². The molecule has 0 rings (SSSR count). The summed E-state index contributed by atoms with van der Waals surface area (Å²) in [4.78, 5) is 0. The van der Waals surface area contributed by atoms with Gasteiger partial charge in [-0.05, 0) is 50.1 Å². The van der Waals surface area contributed by atoms with Crippen molar-refractivity contribution in [3.8, 4) is 0 Å². The normalized spacial score (nSPS) is 14.7. The molecule has 0 aliphatic carbocycles. The molecule has 1 heteroatoms. The quantitative estimate of drug-likeness (QED) is 0.383. The van der Waals surface area contributed by atoms with Crippen LogP contribution in [-0.4, -0.2) is 13.1 Å². The van der Waals surface area contributed by atoms with Crippen molar-refractivity contribution in [2.45, 2.75) is 92.4 Å². The minimum Gasteiger partial charge on any atom is -0.316 e. The number of rotatable bonds is 14. The van der Waals surface area contributed by atoms with Crippen molar-refractivity contribution in [2.24, 2.45) is 17.8 Å². The molecule has 0 aliphatic heterocycles. The van der Waals surface area contributed by atoms with E-state index in [-0.39, 0.29) is 0 Å². The molecule has 0 radical (unpaired) electrons. The van der Waals surface area contributed by atoms with Crippen molar-refractivity contribution in [1.29, 1.82) is 0 Å². The zero-order valence-corrected chi connectivity index (χ0v) is 15.0. The highest BCUT2D eigenvalue weighted by atomic mass is 14.8. The first kappa shape index (κ1) is 20.0. The van der Waals surface area contributed by atoms with Crippen LogP contribution >= 0.6 is 0 Å². The lowest BCUT2D eigenvalue weighted by atomic mass is 9.93. The van der Waals surface area contributed by atoms with Crippen LogP contribution in [0.15, 0.2) is 0 Å². The molecule has 122 valence electrons. The Morgan fingerprint density at radius 1 is 0.750 bits per heavy atom. The number of nitrogens with one attached hydrogen (secondary N) is 1. The van der Waals surface area contributed by atoms with Crippen molar-refractivity contribution in [2.75, 3.05) is 13.1 Å². The lowest BCUT2D eigenvalue weighted by molar-refractivity contribution is 0.384. The molecule has 0 spiro atoms. The largest absolute Gasteiger partial charge is 0.316 e. The Bertz CT molecular complexity index is 188. The van der Waals surface area contributed by atoms with E-state index in [4.69, 9.17) is 0 Å². The monoisotopic (exact) mass is 283 g/mol. The van der Waals surface area contributed by atoms with Crippen LogP contribution < -0.4 is 5.32 Å². The van der Waals surface area contributed by atoms with E-state index in [0.717, 1.165) is 17.8 Å². The number of hydrogen-bond acceptors (Lipinski definition) is 1. The van der Waals surface area contributed by atoms with Gasteiger partial charge in [-0.1, -0.05) is 73.1 Å². The van der Waals surface area contributed by atoms with E-state index in [1.807, 2.05) is 0 Å². The summed E-state index contributed by atoms with van der Waals surface area (Å²) in [6.07, 6.45) is 12.5. The van der Waals surface area contributed by atoms with Crippen molar-refractivity contribution >= 4 is 0 Å². The first-order valence-corrected chi connectivity index (χ1v) is 9.26. The summed E-state index contributed by atoms with van der Waals surface area (Å²) in [5, 5.41) is 3.62. The van der Waals surface area contributed by atoms with Crippen molar-refractivity contribution in [3.05, 3.63) is 0 Å². The smallest absolute Gasteiger partial charge is 0.00232 e. The first-order valence-electron chi connectivity index (χ1n) is 9.26. The van der Waals surface area contributed by atoms with Crippen LogP contribution in [0, 0.1) is 17.8 Å². The Kier molecular flexibility index (Phi) is 13.9. The highest BCUT2D eigenvalue weighted by molar-refractivity contribution is 4.60. The van der Waals surface area contributed by atoms with Crippen LogP contribution in [0.1, 0.15) is 92.4 Å². The fourth-order valence-corrected chi connectivity index (χ4v) is 3.04. The average Bonchev–Trinajstić information content (AvgIpc) is 2.38. The topological polar surface area (TPSA) is 12.0 Å². The second-order valence-corrected chi connectivity index (χ2v) is 7.39. The molecule has 1 N–H and O–H groups in total. The molecule has 0 heterocycles. The summed E-state index contributed by atoms with van der Waals surface area (Å²) < 4.78 is 0. The van der Waals surface area contributed by atoms with Crippen LogP contribution in [0.25, 0.3) is 0 Å². The Balaban J connectivity index is 3.29. The third kappa shape index (κ3) is 14.4. The number of hydrogen-bond donors (Lipinski definition) is 1. The van der Waals surface area contributed by atoms with Gasteiger partial charge in [0.1, 0.15) is 0 Å². The predicted octanol–water partition coefficient (Wildman–Crippen LogP) is 6.04. The average molecular weight is 284 g/mol. The van der Waals surface area contributed by atoms with E-state index in [0.29, 0.717) is 0 Å². The van der Waals surface area contributed by atoms with Crippen LogP contribution in [-0.2, 0) is 0 Å². The standard InChI is InChI=1S/C19H41N/c1-6-7-8-11-14-20-16-19(5)13-10-9-12-18(4)15-17(2)3/h17-20H,6-16H2,1-5H3/t18-,19?/m0/s1. The van der Waals surface area contributed by atoms with E-state index in [1.54, 1.807) is 0 Å². The number of unbranched alkanes of at least 4 members (excludes halogenated alkanes) is 4. The molecule has 0 aliphatic rings. The summed E-state index contributed by atoms with van der Waals surface area (Å²) in [6, 6.07) is 0. The molecule has 0 aromatic carbocycles. The predicted molar refractivity (Wildman–Crippen MR) is 93.3 cm³/mol. The highest BCUT2D eigenvalue weighted by Crippen LogP contribution is 2.18. The molecule has 1 unspecified atom stereocenters. The fourth-order valence-electron chi connectivity index (χ4n) is 3.04. The van der Waals surface area contributed by atoms with Crippen molar-refractivity contribution in [3.63, 3.8) is 0 Å². The van der Waals surface area contributed by atoms with Gasteiger partial charge in [0.15, 0.2) is 0 Å². The second-order valence-electron chi connectivity index (χ2n) is 7.39. The summed E-state index contributed by atoms with van der Waals surface area (Å²) in [5.74, 6) is 2.63. The SMILES string of the molecule is CCCCCCNCC(C)CCCC[C@H](C)CC(C)C. The first-order chi connectivity index (χ1) is 9.56. The Morgan fingerprint density at radius 2 is 1.40 bits per heavy atom. The maximum atomic E-state index is 3.62. The molecule has 2 atom stereocenters.